The Bertz CT molecular complexity index is 924. The van der Waals surface area contributed by atoms with Gasteiger partial charge in [-0.05, 0) is 38.5 Å². The minimum atomic E-state index is -1.11. The lowest BCUT2D eigenvalue weighted by molar-refractivity contribution is -0.159. The highest BCUT2D eigenvalue weighted by Gasteiger charge is 2.79. The number of ether oxygens (including phenoxy) is 1. The van der Waals surface area contributed by atoms with E-state index >= 15 is 0 Å². The average Bonchev–Trinajstić information content (AvgIpc) is 3.51. The fraction of sp³-hybridized carbons (Fsp3) is 0.767. The summed E-state index contributed by atoms with van der Waals surface area (Å²) in [6.07, 6.45) is 7.58. The van der Waals surface area contributed by atoms with E-state index in [2.05, 4.69) is 20.1 Å². The summed E-state index contributed by atoms with van der Waals surface area (Å²) in [5.74, 6) is -2.06. The normalized spacial score (nSPS) is 32.0. The second-order valence-electron chi connectivity index (χ2n) is 11.6. The molecule has 0 aromatic carbocycles. The van der Waals surface area contributed by atoms with Crippen LogP contribution >= 0.6 is 0 Å². The van der Waals surface area contributed by atoms with Gasteiger partial charge in [0.05, 0.1) is 30.1 Å². The van der Waals surface area contributed by atoms with Crippen molar-refractivity contribution in [3.8, 4) is 0 Å². The topological polar surface area (TPSA) is 90.4 Å². The van der Waals surface area contributed by atoms with Crippen molar-refractivity contribution in [2.24, 2.45) is 17.8 Å². The molecule has 8 atom stereocenters. The number of carbonyl (C=O) groups excluding carboxylic acids is 3. The predicted molar refractivity (Wildman–Crippen MR) is 148 cm³/mol. The number of likely N-dealkylation sites (tertiary alicyclic amines) is 1. The number of hydrogen-bond acceptors (Lipinski definition) is 5. The van der Waals surface area contributed by atoms with Gasteiger partial charge in [0, 0.05) is 26.2 Å². The number of likely N-dealkylation sites (N-methyl/N-ethyl adjacent to an activating group) is 1. The predicted octanol–water partition coefficient (Wildman–Crippen LogP) is 3.40. The molecule has 38 heavy (non-hydrogen) atoms. The standard InChI is InChI=1S/C30H49N3O5/c1-9-14-21(7)32(18-11-3)28(37)25-30-16-15-29(13-5,38-30)23(26(35)31(8)17-10-2)24(30)27(36)33(25)22(19-34)20(6)12-4/h10-11,20-25,34H,2-3,9,12-19H2,1,4-8H3/t20-,21?,22-,23-,24-,25?,29+,30?/m0/s1. The van der Waals surface area contributed by atoms with E-state index in [9.17, 15) is 19.5 Å². The molecule has 3 aliphatic rings. The number of fused-ring (bicyclic) bond motifs is 1. The molecule has 3 amide bonds. The number of rotatable bonds is 14. The zero-order chi connectivity index (χ0) is 28.4. The molecule has 0 saturated carbocycles. The van der Waals surface area contributed by atoms with Gasteiger partial charge < -0.3 is 24.5 Å². The van der Waals surface area contributed by atoms with E-state index in [4.69, 9.17) is 4.74 Å². The zero-order valence-electron chi connectivity index (χ0n) is 24.3. The molecule has 8 nitrogen and oxygen atoms in total. The fourth-order valence-corrected chi connectivity index (χ4v) is 7.36. The van der Waals surface area contributed by atoms with E-state index < -0.39 is 35.1 Å². The molecule has 2 bridgehead atoms. The van der Waals surface area contributed by atoms with Crippen molar-refractivity contribution >= 4 is 17.7 Å². The van der Waals surface area contributed by atoms with Gasteiger partial charge >= 0.3 is 0 Å². The van der Waals surface area contributed by atoms with E-state index in [1.165, 1.54) is 0 Å². The van der Waals surface area contributed by atoms with Gasteiger partial charge in [-0.25, -0.2) is 0 Å². The van der Waals surface area contributed by atoms with E-state index in [0.717, 1.165) is 19.3 Å². The Morgan fingerprint density at radius 1 is 1.16 bits per heavy atom. The third-order valence-corrected chi connectivity index (χ3v) is 9.59. The molecule has 3 heterocycles. The molecular formula is C30H49N3O5. The summed E-state index contributed by atoms with van der Waals surface area (Å²) in [7, 11) is 1.72. The molecule has 3 saturated heterocycles. The molecule has 1 spiro atoms. The van der Waals surface area contributed by atoms with Crippen LogP contribution in [0.25, 0.3) is 0 Å². The van der Waals surface area contributed by atoms with Crippen LogP contribution < -0.4 is 0 Å². The summed E-state index contributed by atoms with van der Waals surface area (Å²) in [5.41, 5.74) is -1.90. The van der Waals surface area contributed by atoms with E-state index in [1.807, 2.05) is 27.7 Å². The lowest BCUT2D eigenvalue weighted by atomic mass is 9.64. The van der Waals surface area contributed by atoms with Crippen LogP contribution in [0.2, 0.25) is 0 Å². The molecule has 3 aliphatic heterocycles. The van der Waals surface area contributed by atoms with Crippen LogP contribution in [0, 0.1) is 17.8 Å². The zero-order valence-corrected chi connectivity index (χ0v) is 24.3. The number of aliphatic hydroxyl groups excluding tert-OH is 1. The van der Waals surface area contributed by atoms with E-state index in [0.29, 0.717) is 32.4 Å². The summed E-state index contributed by atoms with van der Waals surface area (Å²) >= 11 is 0. The van der Waals surface area contributed by atoms with Crippen LogP contribution in [-0.2, 0) is 19.1 Å². The molecule has 214 valence electrons. The summed E-state index contributed by atoms with van der Waals surface area (Å²) in [6.45, 7) is 18.2. The fourth-order valence-electron chi connectivity index (χ4n) is 7.36. The number of carbonyl (C=O) groups is 3. The first-order valence-electron chi connectivity index (χ1n) is 14.5. The summed E-state index contributed by atoms with van der Waals surface area (Å²) < 4.78 is 6.90. The van der Waals surface area contributed by atoms with E-state index in [-0.39, 0.29) is 36.3 Å². The molecule has 3 rings (SSSR count). The Morgan fingerprint density at radius 2 is 1.82 bits per heavy atom. The van der Waals surface area contributed by atoms with E-state index in [1.54, 1.807) is 33.9 Å². The summed E-state index contributed by atoms with van der Waals surface area (Å²) in [6, 6.07) is -1.50. The quantitative estimate of drug-likeness (QED) is 0.347. The second-order valence-corrected chi connectivity index (χ2v) is 11.6. The van der Waals surface area contributed by atoms with Crippen molar-refractivity contribution in [1.82, 2.24) is 14.7 Å². The molecule has 0 aliphatic carbocycles. The largest absolute Gasteiger partial charge is 0.394 e. The number of amides is 3. The Morgan fingerprint density at radius 3 is 2.34 bits per heavy atom. The Labute approximate surface area is 229 Å². The van der Waals surface area contributed by atoms with Crippen LogP contribution in [0.5, 0.6) is 0 Å². The van der Waals surface area contributed by atoms with Crippen molar-refractivity contribution in [1.29, 1.82) is 0 Å². The molecule has 1 N–H and O–H groups in total. The van der Waals surface area contributed by atoms with Crippen molar-refractivity contribution in [2.75, 3.05) is 26.7 Å². The van der Waals surface area contributed by atoms with Crippen LogP contribution in [0.1, 0.15) is 73.1 Å². The van der Waals surface area contributed by atoms with Crippen LogP contribution in [0.3, 0.4) is 0 Å². The minimum absolute atomic E-state index is 0.0367. The monoisotopic (exact) mass is 531 g/mol. The Hall–Kier alpha value is -2.19. The highest BCUT2D eigenvalue weighted by atomic mass is 16.5. The lowest BCUT2D eigenvalue weighted by Crippen LogP contribution is -2.61. The van der Waals surface area contributed by atoms with Crippen molar-refractivity contribution < 1.29 is 24.2 Å². The van der Waals surface area contributed by atoms with Crippen LogP contribution in [0.15, 0.2) is 25.3 Å². The van der Waals surface area contributed by atoms with Gasteiger partial charge in [0.25, 0.3) is 0 Å². The Kier molecular flexibility index (Phi) is 9.51. The van der Waals surface area contributed by atoms with Gasteiger partial charge in [0.1, 0.15) is 11.6 Å². The molecule has 8 heteroatoms. The first kappa shape index (κ1) is 30.4. The van der Waals surface area contributed by atoms with Gasteiger partial charge in [-0.15, -0.1) is 13.2 Å². The number of nitrogens with zero attached hydrogens (tertiary/aromatic N) is 3. The Balaban J connectivity index is 2.20. The van der Waals surface area contributed by atoms with Gasteiger partial charge in [-0.3, -0.25) is 14.4 Å². The molecule has 3 fully saturated rings. The van der Waals surface area contributed by atoms with Crippen molar-refractivity contribution in [3.63, 3.8) is 0 Å². The highest BCUT2D eigenvalue weighted by molar-refractivity contribution is 5.99. The maximum atomic E-state index is 14.6. The third kappa shape index (κ3) is 4.61. The maximum Gasteiger partial charge on any atom is 0.248 e. The SMILES string of the molecule is C=CCN(C)C(=O)[C@@H]1[C@H]2C(=O)N([C@@H](CO)[C@@H](C)CC)C(C(=O)N(CC=C)C(C)CCC)C23CC[C@@]1(CC)O3. The number of hydrogen-bond donors (Lipinski definition) is 1. The summed E-state index contributed by atoms with van der Waals surface area (Å²) in [4.78, 5) is 48.0. The van der Waals surface area contributed by atoms with Gasteiger partial charge in [0.2, 0.25) is 17.7 Å². The van der Waals surface area contributed by atoms with Gasteiger partial charge in [-0.1, -0.05) is 52.7 Å². The van der Waals surface area contributed by atoms with Gasteiger partial charge in [-0.2, -0.15) is 0 Å². The van der Waals surface area contributed by atoms with Crippen molar-refractivity contribution in [2.45, 2.75) is 102 Å². The van der Waals surface area contributed by atoms with Crippen LogP contribution in [0.4, 0.5) is 0 Å². The molecule has 0 aromatic heterocycles. The average molecular weight is 532 g/mol. The molecule has 0 aromatic rings. The molecular weight excluding hydrogens is 482 g/mol. The first-order chi connectivity index (χ1) is 18.0. The smallest absolute Gasteiger partial charge is 0.248 e. The van der Waals surface area contributed by atoms with Crippen molar-refractivity contribution in [3.05, 3.63) is 25.3 Å². The minimum Gasteiger partial charge on any atom is -0.394 e. The maximum absolute atomic E-state index is 14.6. The highest BCUT2D eigenvalue weighted by Crippen LogP contribution is 2.65. The third-order valence-electron chi connectivity index (χ3n) is 9.59. The molecule has 0 radical (unpaired) electrons. The molecule has 3 unspecified atom stereocenters. The summed E-state index contributed by atoms with van der Waals surface area (Å²) in [5, 5.41) is 10.5. The second kappa shape index (κ2) is 11.9. The van der Waals surface area contributed by atoms with Gasteiger partial charge in [0.15, 0.2) is 0 Å². The lowest BCUT2D eigenvalue weighted by Gasteiger charge is -2.42. The van der Waals surface area contributed by atoms with Crippen LogP contribution in [-0.4, -0.2) is 93.6 Å². The number of aliphatic hydroxyl groups is 1. The first-order valence-corrected chi connectivity index (χ1v) is 14.5.